The summed E-state index contributed by atoms with van der Waals surface area (Å²) in [5, 5.41) is 1.05. The highest BCUT2D eigenvalue weighted by Gasteiger charge is 2.55. The van der Waals surface area contributed by atoms with E-state index < -0.39 is 5.41 Å². The maximum atomic E-state index is 5.62. The van der Waals surface area contributed by atoms with Gasteiger partial charge >= 0.3 is 0 Å². The molecule has 1 unspecified atom stereocenters. The Morgan fingerprint density at radius 2 is 0.951 bits per heavy atom. The molecule has 0 saturated carbocycles. The minimum atomic E-state index is -0.553. The first-order chi connectivity index (χ1) is 30.0. The first-order valence-electron chi connectivity index (χ1n) is 21.2. The zero-order valence-electron chi connectivity index (χ0n) is 33.8. The summed E-state index contributed by atoms with van der Waals surface area (Å²) in [6.45, 7) is 4.69. The topological polar surface area (TPSA) is 25.8 Å². The predicted molar refractivity (Wildman–Crippen MR) is 253 cm³/mol. The minimum absolute atomic E-state index is 0.122. The van der Waals surface area contributed by atoms with E-state index in [4.69, 9.17) is 9.97 Å². The lowest BCUT2D eigenvalue weighted by molar-refractivity contribution is 0.660. The van der Waals surface area contributed by atoms with Crippen LogP contribution in [0.1, 0.15) is 47.2 Å². The summed E-state index contributed by atoms with van der Waals surface area (Å²) in [5.74, 6) is 0.741. The number of hydrogen-bond acceptors (Lipinski definition) is 3. The molecule has 8 aromatic carbocycles. The van der Waals surface area contributed by atoms with E-state index in [0.717, 1.165) is 33.5 Å². The normalized spacial score (nSPS) is 15.9. The van der Waals surface area contributed by atoms with Gasteiger partial charge in [0.1, 0.15) is 0 Å². The van der Waals surface area contributed by atoms with E-state index in [0.29, 0.717) is 0 Å². The number of para-hydroxylation sites is 1. The number of rotatable bonds is 4. The molecule has 2 nitrogen and oxygen atoms in total. The van der Waals surface area contributed by atoms with Crippen molar-refractivity contribution in [2.75, 3.05) is 0 Å². The molecule has 13 rings (SSSR count). The van der Waals surface area contributed by atoms with Crippen molar-refractivity contribution < 1.29 is 0 Å². The van der Waals surface area contributed by atoms with E-state index in [2.05, 4.69) is 208 Å². The summed E-state index contributed by atoms with van der Waals surface area (Å²) in [7, 11) is 0. The maximum absolute atomic E-state index is 5.62. The molecule has 3 aliphatic carbocycles. The first-order valence-corrected chi connectivity index (χ1v) is 22.0. The van der Waals surface area contributed by atoms with Crippen molar-refractivity contribution in [3.05, 3.63) is 228 Å². The lowest BCUT2D eigenvalue weighted by atomic mass is 9.70. The van der Waals surface area contributed by atoms with Gasteiger partial charge in [0.15, 0.2) is 5.82 Å². The van der Waals surface area contributed by atoms with Crippen LogP contribution in [-0.2, 0) is 10.8 Å². The number of nitrogens with zero attached hydrogens (tertiary/aromatic N) is 2. The van der Waals surface area contributed by atoms with Gasteiger partial charge in [-0.05, 0) is 84.5 Å². The van der Waals surface area contributed by atoms with Gasteiger partial charge in [0.25, 0.3) is 0 Å². The van der Waals surface area contributed by atoms with E-state index in [-0.39, 0.29) is 5.41 Å². The number of fused-ring (bicyclic) bond motifs is 14. The van der Waals surface area contributed by atoms with E-state index >= 15 is 0 Å². The number of benzene rings is 8. The Bertz CT molecular complexity index is 3450. The van der Waals surface area contributed by atoms with E-state index in [9.17, 15) is 0 Å². The Morgan fingerprint density at radius 1 is 0.393 bits per heavy atom. The van der Waals surface area contributed by atoms with Crippen LogP contribution >= 0.6 is 11.3 Å². The molecule has 1 spiro atoms. The molecule has 3 aliphatic rings. The zero-order valence-corrected chi connectivity index (χ0v) is 34.6. The average Bonchev–Trinajstić information content (AvgIpc) is 4.02. The number of hydrogen-bond donors (Lipinski definition) is 0. The summed E-state index contributed by atoms with van der Waals surface area (Å²) in [5.41, 5.74) is 21.6. The molecule has 3 heteroatoms. The third-order valence-corrected chi connectivity index (χ3v) is 15.0. The van der Waals surface area contributed by atoms with Gasteiger partial charge in [0.2, 0.25) is 0 Å². The molecule has 286 valence electrons. The Hall–Kier alpha value is -7.20. The van der Waals surface area contributed by atoms with Crippen molar-refractivity contribution in [3.63, 3.8) is 0 Å². The van der Waals surface area contributed by atoms with Crippen LogP contribution in [0.5, 0.6) is 0 Å². The van der Waals surface area contributed by atoms with Gasteiger partial charge in [-0.2, -0.15) is 0 Å². The molecule has 0 saturated heterocycles. The van der Waals surface area contributed by atoms with Crippen molar-refractivity contribution in [2.45, 2.75) is 24.7 Å². The fourth-order valence-corrected chi connectivity index (χ4v) is 12.5. The summed E-state index contributed by atoms with van der Waals surface area (Å²) >= 11 is 1.92. The maximum Gasteiger partial charge on any atom is 0.161 e. The Kier molecular flexibility index (Phi) is 7.19. The molecule has 0 fully saturated rings. The Morgan fingerprint density at radius 3 is 1.69 bits per heavy atom. The van der Waals surface area contributed by atoms with Gasteiger partial charge in [-0.25, -0.2) is 9.97 Å². The van der Waals surface area contributed by atoms with Crippen molar-refractivity contribution in [1.29, 1.82) is 0 Å². The van der Waals surface area contributed by atoms with Gasteiger partial charge in [0.05, 0.1) is 16.6 Å². The summed E-state index contributed by atoms with van der Waals surface area (Å²) < 4.78 is 0. The lowest BCUT2D eigenvalue weighted by Gasteiger charge is -2.31. The predicted octanol–water partition coefficient (Wildman–Crippen LogP) is 15.0. The highest BCUT2D eigenvalue weighted by molar-refractivity contribution is 7.19. The highest BCUT2D eigenvalue weighted by Crippen LogP contribution is 2.68. The molecule has 0 aliphatic heterocycles. The molecule has 0 amide bonds. The van der Waals surface area contributed by atoms with Crippen LogP contribution in [0.4, 0.5) is 0 Å². The summed E-state index contributed by atoms with van der Waals surface area (Å²) in [6.07, 6.45) is 0. The molecular formula is C58H38N2S. The quantitative estimate of drug-likeness (QED) is 0.177. The van der Waals surface area contributed by atoms with Gasteiger partial charge in [0, 0.05) is 37.2 Å². The van der Waals surface area contributed by atoms with Gasteiger partial charge in [-0.1, -0.05) is 196 Å². The summed E-state index contributed by atoms with van der Waals surface area (Å²) in [6, 6.07) is 71.4. The smallest absolute Gasteiger partial charge is 0.161 e. The third-order valence-electron chi connectivity index (χ3n) is 13.7. The van der Waals surface area contributed by atoms with Crippen molar-refractivity contribution >= 4 is 22.2 Å². The first kappa shape index (κ1) is 34.6. The lowest BCUT2D eigenvalue weighted by Crippen LogP contribution is -2.26. The molecule has 10 aromatic rings. The number of thiophene rings is 1. The molecule has 0 bridgehead atoms. The second-order valence-electron chi connectivity index (χ2n) is 17.2. The largest absolute Gasteiger partial charge is 0.228 e. The standard InChI is InChI=1S/C58H38N2S/c1-57(2)44-27-13-9-22-38(44)39-33-32-37(34-48(39)57)53-42-25-12-16-31-49(42)59-56(60-53)43-26-17-30-47-50(43)40-23-10-14-28-45(40)58(47)46-29-15-11-24-41(46)51-52(58)55(36-20-7-4-8-21-36)61-54(51)35-18-5-3-6-19-35/h3-34H,1-2H3. The van der Waals surface area contributed by atoms with Crippen LogP contribution in [0.3, 0.4) is 0 Å². The molecular weight excluding hydrogens is 757 g/mol. The van der Waals surface area contributed by atoms with Crippen LogP contribution in [0.2, 0.25) is 0 Å². The molecule has 0 N–H and O–H groups in total. The van der Waals surface area contributed by atoms with Crippen LogP contribution in [0.25, 0.3) is 87.8 Å². The second-order valence-corrected chi connectivity index (χ2v) is 18.2. The van der Waals surface area contributed by atoms with Crippen LogP contribution in [0, 0.1) is 0 Å². The van der Waals surface area contributed by atoms with E-state index in [1.165, 1.54) is 87.6 Å². The van der Waals surface area contributed by atoms with Crippen molar-refractivity contribution in [2.24, 2.45) is 0 Å². The highest BCUT2D eigenvalue weighted by atomic mass is 32.1. The van der Waals surface area contributed by atoms with Crippen LogP contribution in [0.15, 0.2) is 194 Å². The van der Waals surface area contributed by atoms with Gasteiger partial charge in [-0.3, -0.25) is 0 Å². The van der Waals surface area contributed by atoms with E-state index in [1.54, 1.807) is 0 Å². The Labute approximate surface area is 359 Å². The number of aromatic nitrogens is 2. The van der Waals surface area contributed by atoms with E-state index in [1.807, 2.05) is 11.3 Å². The fraction of sp³-hybridized carbons (Fsp3) is 0.0690. The van der Waals surface area contributed by atoms with Gasteiger partial charge < -0.3 is 0 Å². The minimum Gasteiger partial charge on any atom is -0.228 e. The Balaban J connectivity index is 1.09. The summed E-state index contributed by atoms with van der Waals surface area (Å²) in [4.78, 5) is 13.7. The monoisotopic (exact) mass is 794 g/mol. The second kappa shape index (κ2) is 12.7. The third kappa shape index (κ3) is 4.62. The van der Waals surface area contributed by atoms with Crippen molar-refractivity contribution in [1.82, 2.24) is 9.97 Å². The average molecular weight is 795 g/mol. The fourth-order valence-electron chi connectivity index (χ4n) is 11.1. The SMILES string of the molecule is CC1(C)c2ccccc2-c2ccc(-c3nc(-c4cccc5c4-c4ccccc4C54c5ccccc5-c5c(-c6ccccc6)sc(-c6ccccc6)c54)nc4ccccc34)cc21. The molecule has 61 heavy (non-hydrogen) atoms. The molecule has 0 radical (unpaired) electrons. The van der Waals surface area contributed by atoms with Crippen LogP contribution < -0.4 is 0 Å². The van der Waals surface area contributed by atoms with Gasteiger partial charge in [-0.15, -0.1) is 11.3 Å². The molecule has 2 aromatic heterocycles. The van der Waals surface area contributed by atoms with Crippen molar-refractivity contribution in [3.8, 4) is 76.9 Å². The molecule has 1 atom stereocenters. The zero-order chi connectivity index (χ0) is 40.5. The molecule has 2 heterocycles. The van der Waals surface area contributed by atoms with Crippen LogP contribution in [-0.4, -0.2) is 9.97 Å².